The number of carboxylic acids is 1. The van der Waals surface area contributed by atoms with Gasteiger partial charge in [-0.3, -0.25) is 0 Å². The van der Waals surface area contributed by atoms with Crippen LogP contribution in [0.5, 0.6) is 5.75 Å². The Bertz CT molecular complexity index is 453. The van der Waals surface area contributed by atoms with E-state index >= 15 is 0 Å². The predicted octanol–water partition coefficient (Wildman–Crippen LogP) is 3.22. The van der Waals surface area contributed by atoms with Gasteiger partial charge in [0.25, 0.3) is 6.08 Å². The van der Waals surface area contributed by atoms with E-state index in [0.717, 1.165) is 18.2 Å². The second kappa shape index (κ2) is 5.33. The lowest BCUT2D eigenvalue weighted by molar-refractivity contribution is -0.0500. The fourth-order valence-electron chi connectivity index (χ4n) is 1.12. The van der Waals surface area contributed by atoms with E-state index in [1.807, 2.05) is 0 Å². The smallest absolute Gasteiger partial charge is 0.387 e. The Morgan fingerprint density at radius 3 is 2.47 bits per heavy atom. The van der Waals surface area contributed by atoms with Gasteiger partial charge >= 0.3 is 12.6 Å². The van der Waals surface area contributed by atoms with Crippen molar-refractivity contribution in [2.45, 2.75) is 6.61 Å². The molecule has 0 saturated carbocycles. The van der Waals surface area contributed by atoms with Gasteiger partial charge in [0.05, 0.1) is 5.56 Å². The van der Waals surface area contributed by atoms with Gasteiger partial charge < -0.3 is 9.84 Å². The molecule has 1 aromatic rings. The van der Waals surface area contributed by atoms with Gasteiger partial charge in [-0.15, -0.1) is 0 Å². The van der Waals surface area contributed by atoms with Crippen LogP contribution in [-0.2, 0) is 0 Å². The maximum atomic E-state index is 12.0. The molecule has 0 atom stereocenters. The highest BCUT2D eigenvalue weighted by Gasteiger charge is 2.12. The summed E-state index contributed by atoms with van der Waals surface area (Å²) in [6.07, 6.45) is -1.89. The third kappa shape index (κ3) is 3.78. The Morgan fingerprint density at radius 2 is 2.00 bits per heavy atom. The maximum Gasteiger partial charge on any atom is 0.387 e. The van der Waals surface area contributed by atoms with Crippen molar-refractivity contribution in [2.24, 2.45) is 0 Å². The standard InChI is InChI=1S/C10H6F4O3/c11-8(12)4-6-3-5(9(15)16)1-2-7(6)17-10(13)14/h1-4,10H,(H,15,16). The third-order valence-electron chi connectivity index (χ3n) is 1.74. The first-order valence-corrected chi connectivity index (χ1v) is 4.25. The first-order chi connectivity index (χ1) is 7.90. The molecule has 92 valence electrons. The van der Waals surface area contributed by atoms with Crippen LogP contribution in [0.15, 0.2) is 24.3 Å². The van der Waals surface area contributed by atoms with Gasteiger partial charge in [-0.25, -0.2) is 4.79 Å². The van der Waals surface area contributed by atoms with Gasteiger partial charge in [0.15, 0.2) is 0 Å². The summed E-state index contributed by atoms with van der Waals surface area (Å²) in [4.78, 5) is 10.6. The van der Waals surface area contributed by atoms with Gasteiger partial charge in [0, 0.05) is 11.6 Å². The molecule has 0 aliphatic carbocycles. The minimum absolute atomic E-state index is 0.254. The number of aromatic carboxylic acids is 1. The normalized spacial score (nSPS) is 10.2. The second-order valence-electron chi connectivity index (χ2n) is 2.87. The largest absolute Gasteiger partial charge is 0.478 e. The molecule has 0 fully saturated rings. The van der Waals surface area contributed by atoms with Crippen LogP contribution in [0.2, 0.25) is 0 Å². The van der Waals surface area contributed by atoms with Crippen molar-refractivity contribution in [2.75, 3.05) is 0 Å². The molecule has 0 saturated heterocycles. The predicted molar refractivity (Wildman–Crippen MR) is 50.2 cm³/mol. The Kier molecular flexibility index (Phi) is 4.08. The maximum absolute atomic E-state index is 12.0. The summed E-state index contributed by atoms with van der Waals surface area (Å²) in [7, 11) is 0. The average Bonchev–Trinajstić information content (AvgIpc) is 2.18. The Morgan fingerprint density at radius 1 is 1.35 bits per heavy atom. The molecular weight excluding hydrogens is 244 g/mol. The highest BCUT2D eigenvalue weighted by atomic mass is 19.3. The van der Waals surface area contributed by atoms with Gasteiger partial charge in [0.2, 0.25) is 0 Å². The minimum atomic E-state index is -3.18. The first kappa shape index (κ1) is 13.0. The van der Waals surface area contributed by atoms with Crippen molar-refractivity contribution < 1.29 is 32.2 Å². The van der Waals surface area contributed by atoms with Crippen LogP contribution >= 0.6 is 0 Å². The molecule has 0 spiro atoms. The van der Waals surface area contributed by atoms with E-state index in [-0.39, 0.29) is 11.6 Å². The van der Waals surface area contributed by atoms with Gasteiger partial charge in [-0.05, 0) is 18.2 Å². The second-order valence-corrected chi connectivity index (χ2v) is 2.87. The molecule has 3 nitrogen and oxygen atoms in total. The van der Waals surface area contributed by atoms with E-state index < -0.39 is 30.0 Å². The molecule has 0 aromatic heterocycles. The Labute approximate surface area is 92.9 Å². The van der Waals surface area contributed by atoms with Crippen molar-refractivity contribution in [3.63, 3.8) is 0 Å². The number of carboxylic acid groups (broad SMARTS) is 1. The SMILES string of the molecule is O=C(O)c1ccc(OC(F)F)c(C=C(F)F)c1. The first-order valence-electron chi connectivity index (χ1n) is 4.25. The van der Waals surface area contributed by atoms with E-state index in [1.54, 1.807) is 0 Å². The lowest BCUT2D eigenvalue weighted by Gasteiger charge is -2.08. The van der Waals surface area contributed by atoms with E-state index in [9.17, 15) is 22.4 Å². The molecule has 0 aliphatic heterocycles. The summed E-state index contributed by atoms with van der Waals surface area (Å²) < 4.78 is 52.0. The minimum Gasteiger partial charge on any atom is -0.478 e. The van der Waals surface area contributed by atoms with Crippen LogP contribution in [0.3, 0.4) is 0 Å². The topological polar surface area (TPSA) is 46.5 Å². The highest BCUT2D eigenvalue weighted by Crippen LogP contribution is 2.25. The van der Waals surface area contributed by atoms with Crippen molar-refractivity contribution in [1.29, 1.82) is 0 Å². The number of hydrogen-bond donors (Lipinski definition) is 1. The quantitative estimate of drug-likeness (QED) is 0.834. The monoisotopic (exact) mass is 250 g/mol. The number of hydrogen-bond acceptors (Lipinski definition) is 2. The van der Waals surface area contributed by atoms with E-state index in [1.165, 1.54) is 0 Å². The summed E-state index contributed by atoms with van der Waals surface area (Å²) in [6.45, 7) is -3.18. The fraction of sp³-hybridized carbons (Fsp3) is 0.100. The summed E-state index contributed by atoms with van der Waals surface area (Å²) in [6, 6.07) is 2.69. The molecule has 0 bridgehead atoms. The van der Waals surface area contributed by atoms with Crippen molar-refractivity contribution >= 4 is 12.0 Å². The molecule has 0 unspecified atom stereocenters. The summed E-state index contributed by atoms with van der Waals surface area (Å²) >= 11 is 0. The van der Waals surface area contributed by atoms with Crippen LogP contribution in [0.25, 0.3) is 6.08 Å². The summed E-state index contributed by atoms with van der Waals surface area (Å²) in [5, 5.41) is 8.62. The molecule has 1 rings (SSSR count). The van der Waals surface area contributed by atoms with Crippen LogP contribution in [0, 0.1) is 0 Å². The zero-order valence-electron chi connectivity index (χ0n) is 8.16. The highest BCUT2D eigenvalue weighted by molar-refractivity contribution is 5.88. The van der Waals surface area contributed by atoms with Crippen LogP contribution in [0.1, 0.15) is 15.9 Å². The van der Waals surface area contributed by atoms with E-state index in [4.69, 9.17) is 5.11 Å². The number of halogens is 4. The van der Waals surface area contributed by atoms with Crippen molar-refractivity contribution in [3.05, 3.63) is 35.4 Å². The Balaban J connectivity index is 3.21. The van der Waals surface area contributed by atoms with Crippen LogP contribution < -0.4 is 4.74 Å². The molecule has 0 heterocycles. The van der Waals surface area contributed by atoms with Crippen molar-refractivity contribution in [3.8, 4) is 5.75 Å². The summed E-state index contributed by atoms with van der Waals surface area (Å²) in [5.74, 6) is -1.87. The average molecular weight is 250 g/mol. The number of carbonyl (C=O) groups is 1. The third-order valence-corrected chi connectivity index (χ3v) is 1.74. The van der Waals surface area contributed by atoms with Crippen LogP contribution in [-0.4, -0.2) is 17.7 Å². The molecular formula is C10H6F4O3. The molecule has 17 heavy (non-hydrogen) atoms. The van der Waals surface area contributed by atoms with Gasteiger partial charge in [0.1, 0.15) is 5.75 Å². The van der Waals surface area contributed by atoms with Crippen LogP contribution in [0.4, 0.5) is 17.6 Å². The number of benzene rings is 1. The lowest BCUT2D eigenvalue weighted by atomic mass is 10.1. The number of ether oxygens (including phenoxy) is 1. The van der Waals surface area contributed by atoms with Gasteiger partial charge in [-0.1, -0.05) is 0 Å². The van der Waals surface area contributed by atoms with Gasteiger partial charge in [-0.2, -0.15) is 17.6 Å². The number of rotatable bonds is 4. The molecule has 0 radical (unpaired) electrons. The molecule has 7 heteroatoms. The van der Waals surface area contributed by atoms with E-state index in [2.05, 4.69) is 4.74 Å². The summed E-state index contributed by atoms with van der Waals surface area (Å²) in [5.41, 5.74) is -0.732. The van der Waals surface area contributed by atoms with E-state index in [0.29, 0.717) is 0 Å². The molecule has 1 N–H and O–H groups in total. The number of alkyl halides is 2. The zero-order chi connectivity index (χ0) is 13.0. The Hall–Kier alpha value is -2.05. The lowest BCUT2D eigenvalue weighted by Crippen LogP contribution is -2.04. The molecule has 0 aliphatic rings. The molecule has 1 aromatic carbocycles. The molecule has 0 amide bonds. The fourth-order valence-corrected chi connectivity index (χ4v) is 1.12. The van der Waals surface area contributed by atoms with Crippen molar-refractivity contribution in [1.82, 2.24) is 0 Å². The zero-order valence-corrected chi connectivity index (χ0v) is 8.16.